The third-order valence-electron chi connectivity index (χ3n) is 1.91. The van der Waals surface area contributed by atoms with Crippen LogP contribution >= 0.6 is 0 Å². The van der Waals surface area contributed by atoms with Gasteiger partial charge in [0.05, 0.1) is 6.61 Å². The molecule has 0 saturated heterocycles. The summed E-state index contributed by atoms with van der Waals surface area (Å²) in [4.78, 5) is 14.4. The van der Waals surface area contributed by atoms with E-state index in [1.54, 1.807) is 19.1 Å². The summed E-state index contributed by atoms with van der Waals surface area (Å²) in [7, 11) is 0. The third kappa shape index (κ3) is 4.14. The number of hydrogen-bond acceptors (Lipinski definition) is 5. The van der Waals surface area contributed by atoms with Crippen molar-refractivity contribution in [1.82, 2.24) is 0 Å². The molecular formula is C10H13NO5. The minimum absolute atomic E-state index is 0.164. The van der Waals surface area contributed by atoms with Gasteiger partial charge in [0, 0.05) is 0 Å². The summed E-state index contributed by atoms with van der Waals surface area (Å²) in [5, 5.41) is 18.3. The molecule has 88 valence electrons. The van der Waals surface area contributed by atoms with Crippen molar-refractivity contribution in [1.29, 1.82) is 0 Å². The molecule has 16 heavy (non-hydrogen) atoms. The lowest BCUT2D eigenvalue weighted by molar-refractivity contribution is -0.781. The molecule has 1 aromatic carbocycles. The zero-order valence-corrected chi connectivity index (χ0v) is 8.83. The molecule has 1 unspecified atom stereocenters. The second kappa shape index (κ2) is 5.92. The van der Waals surface area contributed by atoms with E-state index in [4.69, 9.17) is 9.84 Å². The van der Waals surface area contributed by atoms with Crippen LogP contribution in [0.1, 0.15) is 18.9 Å². The summed E-state index contributed by atoms with van der Waals surface area (Å²) < 4.78 is 5.18. The molecule has 1 N–H and O–H groups in total. The first-order chi connectivity index (χ1) is 7.61. The van der Waals surface area contributed by atoms with Gasteiger partial charge in [-0.15, -0.1) is 10.1 Å². The van der Waals surface area contributed by atoms with Crippen LogP contribution in [0.3, 0.4) is 0 Å². The lowest BCUT2D eigenvalue weighted by Crippen LogP contribution is -2.19. The maximum atomic E-state index is 10.1. The number of nitrogens with zero attached hydrogens (tertiary/aromatic N) is 1. The van der Waals surface area contributed by atoms with Crippen molar-refractivity contribution in [3.63, 3.8) is 0 Å². The molecule has 6 nitrogen and oxygen atoms in total. The first kappa shape index (κ1) is 12.3. The first-order valence-electron chi connectivity index (χ1n) is 4.82. The third-order valence-corrected chi connectivity index (χ3v) is 1.91. The highest BCUT2D eigenvalue weighted by Gasteiger charge is 2.10. The van der Waals surface area contributed by atoms with Crippen LogP contribution in [0.4, 0.5) is 0 Å². The minimum atomic E-state index is -0.870. The Labute approximate surface area is 92.5 Å². The maximum Gasteiger partial charge on any atom is 0.297 e. The molecule has 0 radical (unpaired) electrons. The summed E-state index contributed by atoms with van der Waals surface area (Å²) in [6.07, 6.45) is -0.470. The predicted molar refractivity (Wildman–Crippen MR) is 55.1 cm³/mol. The van der Waals surface area contributed by atoms with E-state index >= 15 is 0 Å². The summed E-state index contributed by atoms with van der Waals surface area (Å²) in [5.41, 5.74) is 0.809. The van der Waals surface area contributed by atoms with E-state index in [0.717, 1.165) is 5.56 Å². The summed E-state index contributed by atoms with van der Waals surface area (Å²) in [6, 6.07) is 6.39. The Balaban J connectivity index is 2.43. The molecule has 0 bridgehead atoms. The van der Waals surface area contributed by atoms with E-state index in [1.165, 1.54) is 12.1 Å². The van der Waals surface area contributed by atoms with Gasteiger partial charge in [0.25, 0.3) is 5.09 Å². The standard InChI is InChI=1S/C10H13NO5/c1-2-10(16-11(13)14)15-7-8-3-5-9(12)6-4-8/h3-6,10,12H,2,7H2,1H3. The molecule has 1 atom stereocenters. The van der Waals surface area contributed by atoms with Crippen LogP contribution < -0.4 is 0 Å². The van der Waals surface area contributed by atoms with Gasteiger partial charge in [-0.1, -0.05) is 19.1 Å². The number of rotatable bonds is 6. The van der Waals surface area contributed by atoms with E-state index in [2.05, 4.69) is 4.84 Å². The molecule has 0 saturated carbocycles. The molecule has 0 heterocycles. The largest absolute Gasteiger partial charge is 0.508 e. The van der Waals surface area contributed by atoms with Gasteiger partial charge in [-0.25, -0.2) is 0 Å². The van der Waals surface area contributed by atoms with Crippen LogP contribution in [0.2, 0.25) is 0 Å². The van der Waals surface area contributed by atoms with Crippen molar-refractivity contribution in [3.8, 4) is 5.75 Å². The van der Waals surface area contributed by atoms with Crippen LogP contribution in [0, 0.1) is 10.1 Å². The fraction of sp³-hybridized carbons (Fsp3) is 0.400. The number of phenols is 1. The maximum absolute atomic E-state index is 10.1. The first-order valence-corrected chi connectivity index (χ1v) is 4.82. The van der Waals surface area contributed by atoms with Gasteiger partial charge in [0.2, 0.25) is 6.29 Å². The van der Waals surface area contributed by atoms with Crippen molar-refractivity contribution in [3.05, 3.63) is 39.9 Å². The fourth-order valence-corrected chi connectivity index (χ4v) is 1.10. The lowest BCUT2D eigenvalue weighted by Gasteiger charge is -2.13. The van der Waals surface area contributed by atoms with Crippen LogP contribution in [0.25, 0.3) is 0 Å². The van der Waals surface area contributed by atoms with Crippen LogP contribution in [0.15, 0.2) is 24.3 Å². The van der Waals surface area contributed by atoms with Gasteiger partial charge in [0.15, 0.2) is 0 Å². The quantitative estimate of drug-likeness (QED) is 0.455. The number of aromatic hydroxyl groups is 1. The molecule has 1 rings (SSSR count). The van der Waals surface area contributed by atoms with E-state index < -0.39 is 11.4 Å². The SMILES string of the molecule is CCC(OCc1ccc(O)cc1)O[N+](=O)[O-]. The van der Waals surface area contributed by atoms with E-state index in [1.807, 2.05) is 0 Å². The smallest absolute Gasteiger partial charge is 0.297 e. The van der Waals surface area contributed by atoms with E-state index in [0.29, 0.717) is 6.42 Å². The van der Waals surface area contributed by atoms with Crippen molar-refractivity contribution >= 4 is 0 Å². The van der Waals surface area contributed by atoms with Crippen molar-refractivity contribution in [2.75, 3.05) is 0 Å². The number of ether oxygens (including phenoxy) is 1. The Morgan fingerprint density at radius 2 is 2.06 bits per heavy atom. The highest BCUT2D eigenvalue weighted by atomic mass is 17.0. The zero-order chi connectivity index (χ0) is 12.0. The predicted octanol–water partition coefficient (Wildman–Crippen LogP) is 1.85. The second-order valence-electron chi connectivity index (χ2n) is 3.14. The van der Waals surface area contributed by atoms with Gasteiger partial charge in [-0.3, -0.25) is 4.84 Å². The van der Waals surface area contributed by atoms with E-state index in [-0.39, 0.29) is 12.4 Å². The summed E-state index contributed by atoms with van der Waals surface area (Å²) in [5.74, 6) is 0.164. The van der Waals surface area contributed by atoms with Gasteiger partial charge in [-0.2, -0.15) is 0 Å². The number of benzene rings is 1. The van der Waals surface area contributed by atoms with Crippen molar-refractivity contribution < 1.29 is 19.8 Å². The van der Waals surface area contributed by atoms with Crippen molar-refractivity contribution in [2.45, 2.75) is 26.2 Å². The monoisotopic (exact) mass is 227 g/mol. The van der Waals surface area contributed by atoms with Crippen LogP contribution in [0.5, 0.6) is 5.75 Å². The zero-order valence-electron chi connectivity index (χ0n) is 8.83. The molecule has 0 fully saturated rings. The Hall–Kier alpha value is -1.82. The summed E-state index contributed by atoms with van der Waals surface area (Å²) in [6.45, 7) is 1.93. The van der Waals surface area contributed by atoms with Gasteiger partial charge in [-0.05, 0) is 24.1 Å². The van der Waals surface area contributed by atoms with Gasteiger partial charge >= 0.3 is 0 Å². The fourth-order valence-electron chi connectivity index (χ4n) is 1.10. The van der Waals surface area contributed by atoms with Crippen molar-refractivity contribution in [2.24, 2.45) is 0 Å². The molecule has 0 aliphatic carbocycles. The normalized spacial score (nSPS) is 12.1. The number of hydrogen-bond donors (Lipinski definition) is 1. The lowest BCUT2D eigenvalue weighted by atomic mass is 10.2. The molecule has 1 aromatic rings. The molecule has 6 heteroatoms. The van der Waals surface area contributed by atoms with Crippen LogP contribution in [-0.2, 0) is 16.2 Å². The highest BCUT2D eigenvalue weighted by molar-refractivity contribution is 5.25. The topological polar surface area (TPSA) is 81.8 Å². The Morgan fingerprint density at radius 1 is 1.44 bits per heavy atom. The van der Waals surface area contributed by atoms with E-state index in [9.17, 15) is 10.1 Å². The summed E-state index contributed by atoms with van der Waals surface area (Å²) >= 11 is 0. The molecule has 0 amide bonds. The van der Waals surface area contributed by atoms with Crippen LogP contribution in [-0.4, -0.2) is 16.5 Å². The molecular weight excluding hydrogens is 214 g/mol. The minimum Gasteiger partial charge on any atom is -0.508 e. The average molecular weight is 227 g/mol. The van der Waals surface area contributed by atoms with Gasteiger partial charge in [0.1, 0.15) is 5.75 Å². The molecule has 0 aliphatic heterocycles. The highest BCUT2D eigenvalue weighted by Crippen LogP contribution is 2.12. The second-order valence-corrected chi connectivity index (χ2v) is 3.14. The molecule has 0 aliphatic rings. The van der Waals surface area contributed by atoms with Gasteiger partial charge < -0.3 is 9.84 Å². The number of phenolic OH excluding ortho intramolecular Hbond substituents is 1. The Bertz CT molecular complexity index is 338. The molecule has 0 aromatic heterocycles. The average Bonchev–Trinajstić information content (AvgIpc) is 2.26. The Kier molecular flexibility index (Phi) is 4.53. The Morgan fingerprint density at radius 3 is 2.56 bits per heavy atom. The molecule has 0 spiro atoms.